The molecule has 0 saturated heterocycles. The summed E-state index contributed by atoms with van der Waals surface area (Å²) in [4.78, 5) is 52.6. The van der Waals surface area contributed by atoms with E-state index in [2.05, 4.69) is 0 Å². The molecule has 0 radical (unpaired) electrons. The van der Waals surface area contributed by atoms with Gasteiger partial charge in [0.1, 0.15) is 11.5 Å². The molecule has 3 aromatic rings. The second kappa shape index (κ2) is 12.9. The summed E-state index contributed by atoms with van der Waals surface area (Å²) in [5.74, 6) is -6.35. The maximum Gasteiger partial charge on any atom is 0.315 e. The molecule has 8 nitrogen and oxygen atoms in total. The highest BCUT2D eigenvalue weighted by Crippen LogP contribution is 2.50. The number of benzene rings is 3. The van der Waals surface area contributed by atoms with Gasteiger partial charge in [0.25, 0.3) is 0 Å². The van der Waals surface area contributed by atoms with E-state index in [9.17, 15) is 29.4 Å². The van der Waals surface area contributed by atoms with Crippen molar-refractivity contribution in [2.75, 3.05) is 0 Å². The number of ether oxygens (including phenoxy) is 2. The number of carbonyl (C=O) groups excluding carboxylic acids is 2. The number of rotatable bonds is 6. The highest BCUT2D eigenvalue weighted by atomic mass is 16.5. The minimum absolute atomic E-state index is 0.257. The molecule has 0 heterocycles. The monoisotopic (exact) mass is 654 g/mol. The van der Waals surface area contributed by atoms with Gasteiger partial charge in [-0.2, -0.15) is 0 Å². The number of carbonyl (C=O) groups is 4. The first-order valence-electron chi connectivity index (χ1n) is 16.6. The molecule has 4 atom stereocenters. The predicted molar refractivity (Wildman–Crippen MR) is 185 cm³/mol. The number of esters is 2. The van der Waals surface area contributed by atoms with Crippen LogP contribution in [0.5, 0.6) is 11.5 Å². The first-order valence-corrected chi connectivity index (χ1v) is 16.6. The van der Waals surface area contributed by atoms with Gasteiger partial charge in [-0.15, -0.1) is 0 Å². The van der Waals surface area contributed by atoms with Crippen molar-refractivity contribution in [3.05, 3.63) is 70.8 Å². The molecule has 2 aliphatic rings. The fourth-order valence-electron chi connectivity index (χ4n) is 7.23. The summed E-state index contributed by atoms with van der Waals surface area (Å²) in [6, 6.07) is 11.3. The molecule has 0 fully saturated rings. The lowest BCUT2D eigenvalue weighted by Crippen LogP contribution is -2.35. The third-order valence-electron chi connectivity index (χ3n) is 9.83. The lowest BCUT2D eigenvalue weighted by atomic mass is 9.79. The fourth-order valence-corrected chi connectivity index (χ4v) is 7.23. The van der Waals surface area contributed by atoms with Crippen molar-refractivity contribution in [3.8, 4) is 11.5 Å². The van der Waals surface area contributed by atoms with E-state index < -0.39 is 58.4 Å². The third kappa shape index (κ3) is 6.62. The number of hydrogen-bond acceptors (Lipinski definition) is 6. The average Bonchev–Trinajstić information content (AvgIpc) is 3.00. The van der Waals surface area contributed by atoms with E-state index in [-0.39, 0.29) is 37.2 Å². The van der Waals surface area contributed by atoms with Crippen LogP contribution in [-0.2, 0) is 30.0 Å². The topological polar surface area (TPSA) is 127 Å². The number of hydrogen-bond donors (Lipinski definition) is 2. The van der Waals surface area contributed by atoms with E-state index >= 15 is 0 Å². The molecule has 0 aliphatic heterocycles. The van der Waals surface area contributed by atoms with Gasteiger partial charge in [0.05, 0.1) is 23.7 Å². The van der Waals surface area contributed by atoms with E-state index in [0.717, 1.165) is 22.3 Å². The Morgan fingerprint density at radius 1 is 0.604 bits per heavy atom. The zero-order valence-corrected chi connectivity index (χ0v) is 29.1. The van der Waals surface area contributed by atoms with Gasteiger partial charge >= 0.3 is 23.9 Å². The Labute approximate surface area is 281 Å². The van der Waals surface area contributed by atoms with E-state index in [1.807, 2.05) is 104 Å². The Kier molecular flexibility index (Phi) is 9.34. The van der Waals surface area contributed by atoms with Gasteiger partial charge in [0, 0.05) is 21.5 Å². The largest absolute Gasteiger partial charge is 0.481 e. The maximum atomic E-state index is 14.1. The van der Waals surface area contributed by atoms with Crippen LogP contribution in [0.2, 0.25) is 0 Å². The van der Waals surface area contributed by atoms with Gasteiger partial charge in [-0.25, -0.2) is 0 Å². The van der Waals surface area contributed by atoms with Crippen LogP contribution in [0.15, 0.2) is 59.7 Å². The van der Waals surface area contributed by atoms with E-state index in [4.69, 9.17) is 9.47 Å². The first kappa shape index (κ1) is 34.9. The van der Waals surface area contributed by atoms with Crippen molar-refractivity contribution < 1.29 is 38.9 Å². The maximum absolute atomic E-state index is 14.1. The Bertz CT molecular complexity index is 1740. The molecule has 0 spiro atoms. The van der Waals surface area contributed by atoms with E-state index in [1.165, 1.54) is 0 Å². The van der Waals surface area contributed by atoms with Crippen molar-refractivity contribution in [1.29, 1.82) is 0 Å². The van der Waals surface area contributed by atoms with Crippen molar-refractivity contribution >= 4 is 45.4 Å². The van der Waals surface area contributed by atoms with Crippen LogP contribution in [0.1, 0.15) is 92.2 Å². The number of aliphatic carboxylic acids is 2. The molecule has 0 bridgehead atoms. The molecular weight excluding hydrogens is 608 g/mol. The molecule has 254 valence electrons. The van der Waals surface area contributed by atoms with Gasteiger partial charge in [-0.1, -0.05) is 101 Å². The van der Waals surface area contributed by atoms with Crippen LogP contribution in [0.4, 0.5) is 0 Å². The van der Waals surface area contributed by atoms with Crippen molar-refractivity contribution in [2.45, 2.75) is 91.9 Å². The molecule has 0 saturated carbocycles. The Balaban J connectivity index is 1.80. The van der Waals surface area contributed by atoms with Crippen LogP contribution in [0.25, 0.3) is 21.5 Å². The second-order valence-corrected chi connectivity index (χ2v) is 15.5. The number of allylic oxidation sites excluding steroid dienone is 4. The molecule has 0 amide bonds. The molecule has 4 unspecified atom stereocenters. The Morgan fingerprint density at radius 2 is 0.958 bits per heavy atom. The molecule has 5 rings (SSSR count). The summed E-state index contributed by atoms with van der Waals surface area (Å²) >= 11 is 0. The van der Waals surface area contributed by atoms with Crippen molar-refractivity contribution in [1.82, 2.24) is 0 Å². The van der Waals surface area contributed by atoms with Crippen LogP contribution < -0.4 is 9.47 Å². The molecule has 8 heteroatoms. The SMILES string of the molecule is CC1=CCC(C(=O)Oc2c3cccc(C(C)(C)C)c3c(OC(=O)C3CC=C(C)CC3C(=O)O)c3cccc(C(C)(C)C)c23)C(C(=O)O)C1. The summed E-state index contributed by atoms with van der Waals surface area (Å²) in [7, 11) is 0. The van der Waals surface area contributed by atoms with Crippen LogP contribution in [0, 0.1) is 23.7 Å². The average molecular weight is 655 g/mol. The minimum atomic E-state index is -1.04. The number of carboxylic acid groups (broad SMARTS) is 2. The Hall–Kier alpha value is -4.46. The van der Waals surface area contributed by atoms with Gasteiger partial charge < -0.3 is 19.7 Å². The van der Waals surface area contributed by atoms with Crippen LogP contribution in [0.3, 0.4) is 0 Å². The molecule has 0 aromatic heterocycles. The number of carboxylic acids is 2. The second-order valence-electron chi connectivity index (χ2n) is 15.5. The van der Waals surface area contributed by atoms with E-state index in [0.29, 0.717) is 21.5 Å². The lowest BCUT2D eigenvalue weighted by Gasteiger charge is -2.30. The minimum Gasteiger partial charge on any atom is -0.481 e. The van der Waals surface area contributed by atoms with Gasteiger partial charge in [0.15, 0.2) is 0 Å². The van der Waals surface area contributed by atoms with Crippen molar-refractivity contribution in [3.63, 3.8) is 0 Å². The molecule has 2 N–H and O–H groups in total. The summed E-state index contributed by atoms with van der Waals surface area (Å²) in [5, 5.41) is 22.3. The highest BCUT2D eigenvalue weighted by molar-refractivity contribution is 6.15. The fraction of sp³-hybridized carbons (Fsp3) is 0.450. The highest BCUT2D eigenvalue weighted by Gasteiger charge is 2.40. The zero-order chi connectivity index (χ0) is 35.3. The quantitative estimate of drug-likeness (QED) is 0.117. The van der Waals surface area contributed by atoms with Gasteiger partial charge in [-0.05, 0) is 61.5 Å². The lowest BCUT2D eigenvalue weighted by molar-refractivity contribution is -0.152. The zero-order valence-electron chi connectivity index (χ0n) is 29.1. The molecule has 3 aromatic carbocycles. The molecule has 48 heavy (non-hydrogen) atoms. The summed E-state index contributed by atoms with van der Waals surface area (Å²) in [6.45, 7) is 16.0. The normalized spacial score (nSPS) is 21.8. The van der Waals surface area contributed by atoms with Crippen LogP contribution >= 0.6 is 0 Å². The molecular formula is C40H46O8. The predicted octanol–water partition coefficient (Wildman–Crippen LogP) is 8.51. The first-order chi connectivity index (χ1) is 22.4. The Morgan fingerprint density at radius 3 is 1.27 bits per heavy atom. The van der Waals surface area contributed by atoms with Crippen molar-refractivity contribution in [2.24, 2.45) is 23.7 Å². The summed E-state index contributed by atoms with van der Waals surface area (Å²) in [6.07, 6.45) is 4.84. The van der Waals surface area contributed by atoms with Gasteiger partial charge in [-0.3, -0.25) is 19.2 Å². The van der Waals surface area contributed by atoms with Crippen LogP contribution in [-0.4, -0.2) is 34.1 Å². The number of fused-ring (bicyclic) bond motifs is 2. The third-order valence-corrected chi connectivity index (χ3v) is 9.83. The smallest absolute Gasteiger partial charge is 0.315 e. The standard InChI is InChI=1S/C40H46O8/c1-21-15-17-23(27(19-21)35(41)42)37(45)47-33-25-11-9-14-30(40(6,7)8)32(25)34(26-12-10-13-29(31(26)33)39(3,4)5)48-38(46)24-18-16-22(2)20-28(24)36(43)44/h9-16,23-24,27-28H,17-20H2,1-8H3,(H,41,42)(H,43,44). The van der Waals surface area contributed by atoms with Gasteiger partial charge in [0.2, 0.25) is 0 Å². The van der Waals surface area contributed by atoms with E-state index in [1.54, 1.807) is 0 Å². The summed E-state index contributed by atoms with van der Waals surface area (Å²) in [5.41, 5.74) is 2.66. The molecule has 2 aliphatic carbocycles. The summed E-state index contributed by atoms with van der Waals surface area (Å²) < 4.78 is 12.8.